The third-order valence-electron chi connectivity index (χ3n) is 2.01. The summed E-state index contributed by atoms with van der Waals surface area (Å²) in [7, 11) is -3.43. The molecule has 0 spiro atoms. The molecule has 88 valence electrons. The van der Waals surface area contributed by atoms with Crippen molar-refractivity contribution in [2.45, 2.75) is 18.2 Å². The number of nitrogens with two attached hydrogens (primary N) is 1. The SMILES string of the molecule is C/C=C/CCNS(=O)(=O)c1cccc(N)c1. The molecule has 16 heavy (non-hydrogen) atoms. The Balaban J connectivity index is 2.71. The number of anilines is 1. The van der Waals surface area contributed by atoms with Gasteiger partial charge in [0.15, 0.2) is 0 Å². The lowest BCUT2D eigenvalue weighted by Crippen LogP contribution is -2.24. The molecule has 1 aromatic rings. The molecule has 5 heteroatoms. The average Bonchev–Trinajstić information content (AvgIpc) is 2.24. The second-order valence-electron chi connectivity index (χ2n) is 3.33. The van der Waals surface area contributed by atoms with Crippen molar-refractivity contribution in [2.75, 3.05) is 12.3 Å². The van der Waals surface area contributed by atoms with Crippen LogP contribution in [-0.2, 0) is 10.0 Å². The Hall–Kier alpha value is -1.33. The van der Waals surface area contributed by atoms with Gasteiger partial charge >= 0.3 is 0 Å². The zero-order valence-electron chi connectivity index (χ0n) is 9.18. The van der Waals surface area contributed by atoms with Gasteiger partial charge in [-0.05, 0) is 31.5 Å². The summed E-state index contributed by atoms with van der Waals surface area (Å²) in [5, 5.41) is 0. The molecule has 0 saturated heterocycles. The minimum Gasteiger partial charge on any atom is -0.399 e. The van der Waals surface area contributed by atoms with Crippen LogP contribution < -0.4 is 10.5 Å². The third-order valence-corrected chi connectivity index (χ3v) is 3.47. The van der Waals surface area contributed by atoms with Gasteiger partial charge in [-0.3, -0.25) is 0 Å². The smallest absolute Gasteiger partial charge is 0.240 e. The summed E-state index contributed by atoms with van der Waals surface area (Å²) >= 11 is 0. The zero-order valence-corrected chi connectivity index (χ0v) is 10.00. The lowest BCUT2D eigenvalue weighted by atomic mass is 10.3. The molecule has 0 atom stereocenters. The van der Waals surface area contributed by atoms with Crippen molar-refractivity contribution < 1.29 is 8.42 Å². The molecule has 4 nitrogen and oxygen atoms in total. The van der Waals surface area contributed by atoms with Crippen LogP contribution in [0.2, 0.25) is 0 Å². The van der Waals surface area contributed by atoms with Crippen LogP contribution in [0.3, 0.4) is 0 Å². The molecular weight excluding hydrogens is 224 g/mol. The highest BCUT2D eigenvalue weighted by molar-refractivity contribution is 7.89. The standard InChI is InChI=1S/C11H16N2O2S/c1-2-3-4-8-13-16(14,15)11-7-5-6-10(12)9-11/h2-3,5-7,9,13H,4,8,12H2,1H3/b3-2+. The van der Waals surface area contributed by atoms with E-state index in [1.165, 1.54) is 12.1 Å². The fraction of sp³-hybridized carbons (Fsp3) is 0.273. The summed E-state index contributed by atoms with van der Waals surface area (Å²) in [6.07, 6.45) is 4.47. The van der Waals surface area contributed by atoms with E-state index in [1.54, 1.807) is 12.1 Å². The molecule has 0 bridgehead atoms. The van der Waals surface area contributed by atoms with E-state index in [0.717, 1.165) is 0 Å². The first kappa shape index (κ1) is 12.7. The Morgan fingerprint density at radius 1 is 1.44 bits per heavy atom. The van der Waals surface area contributed by atoms with Crippen molar-refractivity contribution >= 4 is 15.7 Å². The number of rotatable bonds is 5. The molecular formula is C11H16N2O2S. The molecule has 0 aromatic heterocycles. The van der Waals surface area contributed by atoms with Gasteiger partial charge in [0.25, 0.3) is 0 Å². The second-order valence-corrected chi connectivity index (χ2v) is 5.09. The Bertz CT molecular complexity index is 467. The van der Waals surface area contributed by atoms with E-state index in [0.29, 0.717) is 18.7 Å². The lowest BCUT2D eigenvalue weighted by molar-refractivity contribution is 0.582. The molecule has 0 aliphatic carbocycles. The Labute approximate surface area is 96.2 Å². The largest absolute Gasteiger partial charge is 0.399 e. The lowest BCUT2D eigenvalue weighted by Gasteiger charge is -2.05. The monoisotopic (exact) mass is 240 g/mol. The predicted molar refractivity (Wildman–Crippen MR) is 65.5 cm³/mol. The second kappa shape index (κ2) is 5.67. The van der Waals surface area contributed by atoms with Gasteiger partial charge in [0.1, 0.15) is 0 Å². The number of nitrogens with one attached hydrogen (secondary N) is 1. The number of nitrogen functional groups attached to an aromatic ring is 1. The zero-order chi connectivity index (χ0) is 12.0. The van der Waals surface area contributed by atoms with Crippen LogP contribution in [0.25, 0.3) is 0 Å². The van der Waals surface area contributed by atoms with Crippen LogP contribution in [0.4, 0.5) is 5.69 Å². The topological polar surface area (TPSA) is 72.2 Å². The van der Waals surface area contributed by atoms with Gasteiger partial charge in [0.05, 0.1) is 4.90 Å². The van der Waals surface area contributed by atoms with Crippen LogP contribution >= 0.6 is 0 Å². The van der Waals surface area contributed by atoms with E-state index >= 15 is 0 Å². The molecule has 0 unspecified atom stereocenters. The first-order valence-electron chi connectivity index (χ1n) is 5.02. The van der Waals surface area contributed by atoms with E-state index in [4.69, 9.17) is 5.73 Å². The molecule has 0 radical (unpaired) electrons. The average molecular weight is 240 g/mol. The first-order chi connectivity index (χ1) is 7.56. The summed E-state index contributed by atoms with van der Waals surface area (Å²) in [6.45, 7) is 2.29. The predicted octanol–water partition coefficient (Wildman–Crippen LogP) is 1.51. The molecule has 0 amide bonds. The van der Waals surface area contributed by atoms with Gasteiger partial charge in [-0.15, -0.1) is 0 Å². The quantitative estimate of drug-likeness (QED) is 0.465. The summed E-state index contributed by atoms with van der Waals surface area (Å²) in [4.78, 5) is 0.202. The van der Waals surface area contributed by atoms with Crippen molar-refractivity contribution in [1.82, 2.24) is 4.72 Å². The maximum atomic E-state index is 11.8. The van der Waals surface area contributed by atoms with Crippen molar-refractivity contribution in [3.63, 3.8) is 0 Å². The highest BCUT2D eigenvalue weighted by Crippen LogP contribution is 2.12. The normalized spacial score (nSPS) is 12.1. The minimum absolute atomic E-state index is 0.202. The summed E-state index contributed by atoms with van der Waals surface area (Å²) in [5.74, 6) is 0. The Morgan fingerprint density at radius 3 is 2.81 bits per heavy atom. The van der Waals surface area contributed by atoms with E-state index < -0.39 is 10.0 Å². The van der Waals surface area contributed by atoms with Crippen LogP contribution in [0.5, 0.6) is 0 Å². The molecule has 0 aliphatic heterocycles. The minimum atomic E-state index is -3.43. The molecule has 1 aromatic carbocycles. The van der Waals surface area contributed by atoms with Crippen LogP contribution in [0.15, 0.2) is 41.3 Å². The summed E-state index contributed by atoms with van der Waals surface area (Å²) < 4.78 is 26.0. The molecule has 3 N–H and O–H groups in total. The van der Waals surface area contributed by atoms with Crippen molar-refractivity contribution in [3.05, 3.63) is 36.4 Å². The number of benzene rings is 1. The highest BCUT2D eigenvalue weighted by Gasteiger charge is 2.12. The first-order valence-corrected chi connectivity index (χ1v) is 6.51. The fourth-order valence-corrected chi connectivity index (χ4v) is 2.31. The fourth-order valence-electron chi connectivity index (χ4n) is 1.21. The van der Waals surface area contributed by atoms with Crippen molar-refractivity contribution in [3.8, 4) is 0 Å². The summed E-state index contributed by atoms with van der Waals surface area (Å²) in [5.41, 5.74) is 5.97. The Morgan fingerprint density at radius 2 is 2.19 bits per heavy atom. The van der Waals surface area contributed by atoms with Crippen molar-refractivity contribution in [2.24, 2.45) is 0 Å². The molecule has 0 saturated carbocycles. The van der Waals surface area contributed by atoms with Gasteiger partial charge < -0.3 is 5.73 Å². The molecule has 0 aliphatic rings. The van der Waals surface area contributed by atoms with E-state index in [-0.39, 0.29) is 4.90 Å². The van der Waals surface area contributed by atoms with E-state index in [2.05, 4.69) is 4.72 Å². The molecule has 0 fully saturated rings. The van der Waals surface area contributed by atoms with E-state index in [1.807, 2.05) is 19.1 Å². The van der Waals surface area contributed by atoms with Gasteiger partial charge in [-0.2, -0.15) is 0 Å². The summed E-state index contributed by atoms with van der Waals surface area (Å²) in [6, 6.07) is 6.24. The van der Waals surface area contributed by atoms with Crippen LogP contribution in [0.1, 0.15) is 13.3 Å². The number of allylic oxidation sites excluding steroid dienone is 1. The Kier molecular flexibility index (Phi) is 4.52. The number of hydrogen-bond donors (Lipinski definition) is 2. The van der Waals surface area contributed by atoms with Gasteiger partial charge in [0, 0.05) is 12.2 Å². The number of sulfonamides is 1. The third kappa shape index (κ3) is 3.67. The maximum absolute atomic E-state index is 11.8. The van der Waals surface area contributed by atoms with Crippen LogP contribution in [0, 0.1) is 0 Å². The molecule has 1 rings (SSSR count). The molecule has 0 heterocycles. The van der Waals surface area contributed by atoms with Gasteiger partial charge in [-0.25, -0.2) is 13.1 Å². The van der Waals surface area contributed by atoms with E-state index in [9.17, 15) is 8.42 Å². The van der Waals surface area contributed by atoms with Gasteiger partial charge in [-0.1, -0.05) is 18.2 Å². The highest BCUT2D eigenvalue weighted by atomic mass is 32.2. The maximum Gasteiger partial charge on any atom is 0.240 e. The van der Waals surface area contributed by atoms with Crippen molar-refractivity contribution in [1.29, 1.82) is 0 Å². The number of hydrogen-bond acceptors (Lipinski definition) is 3. The van der Waals surface area contributed by atoms with Gasteiger partial charge in [0.2, 0.25) is 10.0 Å². The van der Waals surface area contributed by atoms with Crippen LogP contribution in [-0.4, -0.2) is 15.0 Å².